The quantitative estimate of drug-likeness (QED) is 0.814. The van der Waals surface area contributed by atoms with Gasteiger partial charge in [-0.2, -0.15) is 0 Å². The fourth-order valence-electron chi connectivity index (χ4n) is 2.25. The van der Waals surface area contributed by atoms with E-state index in [0.29, 0.717) is 31.9 Å². The Hall–Kier alpha value is -1.51. The number of carbonyl (C=O) groups excluding carboxylic acids is 2. The van der Waals surface area contributed by atoms with Gasteiger partial charge < -0.3 is 20.7 Å². The summed E-state index contributed by atoms with van der Waals surface area (Å²) in [6, 6.07) is 3.45. The monoisotopic (exact) mass is 370 g/mol. The van der Waals surface area contributed by atoms with Gasteiger partial charge in [-0.1, -0.05) is 0 Å². The molecule has 0 radical (unpaired) electrons. The van der Waals surface area contributed by atoms with Gasteiger partial charge in [0.05, 0.1) is 12.1 Å². The van der Waals surface area contributed by atoms with Crippen LogP contribution in [-0.2, 0) is 14.3 Å². The van der Waals surface area contributed by atoms with Gasteiger partial charge in [0.1, 0.15) is 5.82 Å². The number of hydrogen-bond donors (Lipinski definition) is 2. The highest BCUT2D eigenvalue weighted by atomic mass is 79.9. The summed E-state index contributed by atoms with van der Waals surface area (Å²) in [5.41, 5.74) is 5.19. The maximum Gasteiger partial charge on any atom is 0.245 e. The third-order valence-corrected chi connectivity index (χ3v) is 4.00. The molecule has 0 atom stereocenters. The Morgan fingerprint density at radius 2 is 2.14 bits per heavy atom. The molecule has 0 aliphatic carbocycles. The van der Waals surface area contributed by atoms with Crippen LogP contribution in [0.1, 0.15) is 12.8 Å². The number of hydrogen-bond acceptors (Lipinski definition) is 5. The van der Waals surface area contributed by atoms with E-state index in [1.807, 2.05) is 0 Å². The van der Waals surface area contributed by atoms with Gasteiger partial charge in [-0.3, -0.25) is 9.59 Å². The fraction of sp³-hybridized carbons (Fsp3) is 0.500. The predicted octanol–water partition coefficient (Wildman–Crippen LogP) is 0.749. The number of likely N-dealkylation sites (N-methyl/N-ethyl adjacent to an activating group) is 1. The zero-order chi connectivity index (χ0) is 16.2. The minimum Gasteiger partial charge on any atom is -0.381 e. The first-order chi connectivity index (χ1) is 10.4. The summed E-state index contributed by atoms with van der Waals surface area (Å²) >= 11 is 3.27. The number of carbonyl (C=O) groups is 2. The first kappa shape index (κ1) is 16.9. The summed E-state index contributed by atoms with van der Waals surface area (Å²) in [7, 11) is 1.57. The van der Waals surface area contributed by atoms with E-state index < -0.39 is 5.54 Å². The van der Waals surface area contributed by atoms with Crippen molar-refractivity contribution < 1.29 is 14.3 Å². The van der Waals surface area contributed by atoms with Crippen molar-refractivity contribution in [3.63, 3.8) is 0 Å². The first-order valence-electron chi connectivity index (χ1n) is 6.94. The van der Waals surface area contributed by atoms with Crippen molar-refractivity contribution in [2.75, 3.05) is 32.1 Å². The van der Waals surface area contributed by atoms with Crippen LogP contribution in [-0.4, -0.2) is 54.0 Å². The van der Waals surface area contributed by atoms with Gasteiger partial charge in [0.2, 0.25) is 11.8 Å². The Morgan fingerprint density at radius 3 is 2.73 bits per heavy atom. The lowest BCUT2D eigenvalue weighted by Crippen LogP contribution is -2.58. The molecule has 1 fully saturated rings. The van der Waals surface area contributed by atoms with E-state index in [-0.39, 0.29) is 18.4 Å². The van der Waals surface area contributed by atoms with Crippen LogP contribution in [0.4, 0.5) is 5.82 Å². The van der Waals surface area contributed by atoms with Crippen LogP contribution in [0.25, 0.3) is 0 Å². The second kappa shape index (κ2) is 7.17. The zero-order valence-electron chi connectivity index (χ0n) is 12.3. The number of anilines is 1. The molecule has 2 amide bonds. The van der Waals surface area contributed by atoms with Crippen molar-refractivity contribution in [3.8, 4) is 0 Å². The van der Waals surface area contributed by atoms with Gasteiger partial charge in [-0.15, -0.1) is 0 Å². The Labute approximate surface area is 137 Å². The predicted molar refractivity (Wildman–Crippen MR) is 85.2 cm³/mol. The van der Waals surface area contributed by atoms with Crippen LogP contribution in [0, 0.1) is 0 Å². The molecule has 7 nitrogen and oxygen atoms in total. The Balaban J connectivity index is 1.90. The van der Waals surface area contributed by atoms with Gasteiger partial charge in [0, 0.05) is 30.9 Å². The summed E-state index contributed by atoms with van der Waals surface area (Å²) in [5.74, 6) is -0.126. The van der Waals surface area contributed by atoms with Crippen LogP contribution in [0.3, 0.4) is 0 Å². The van der Waals surface area contributed by atoms with E-state index >= 15 is 0 Å². The molecule has 120 valence electrons. The highest BCUT2D eigenvalue weighted by Gasteiger charge is 2.38. The molecule has 2 heterocycles. The molecular formula is C14H19BrN4O3. The molecule has 2 rings (SSSR count). The number of ether oxygens (including phenoxy) is 1. The molecule has 0 spiro atoms. The van der Waals surface area contributed by atoms with Crippen LogP contribution in [0.5, 0.6) is 0 Å². The average Bonchev–Trinajstić information content (AvgIpc) is 2.49. The summed E-state index contributed by atoms with van der Waals surface area (Å²) < 4.78 is 6.04. The average molecular weight is 371 g/mol. The standard InChI is InChI=1S/C14H19BrN4O3/c1-19(13(21)14(16)4-6-22-7-5-14)9-12(20)18-11-3-2-10(15)8-17-11/h2-3,8H,4-7,9,16H2,1H3,(H,17,18,20). The molecule has 0 saturated carbocycles. The van der Waals surface area contributed by atoms with Gasteiger partial charge in [-0.25, -0.2) is 4.98 Å². The van der Waals surface area contributed by atoms with Gasteiger partial charge in [-0.05, 0) is 40.9 Å². The van der Waals surface area contributed by atoms with Crippen molar-refractivity contribution in [3.05, 3.63) is 22.8 Å². The molecule has 22 heavy (non-hydrogen) atoms. The van der Waals surface area contributed by atoms with E-state index in [2.05, 4.69) is 26.2 Å². The third kappa shape index (κ3) is 4.25. The minimum absolute atomic E-state index is 0.0730. The van der Waals surface area contributed by atoms with E-state index in [1.165, 1.54) is 4.90 Å². The second-order valence-corrected chi connectivity index (χ2v) is 6.26. The van der Waals surface area contributed by atoms with Crippen LogP contribution < -0.4 is 11.1 Å². The van der Waals surface area contributed by atoms with Gasteiger partial charge in [0.15, 0.2) is 0 Å². The Morgan fingerprint density at radius 1 is 1.45 bits per heavy atom. The highest BCUT2D eigenvalue weighted by Crippen LogP contribution is 2.20. The normalized spacial score (nSPS) is 16.9. The van der Waals surface area contributed by atoms with Gasteiger partial charge in [0.25, 0.3) is 0 Å². The zero-order valence-corrected chi connectivity index (χ0v) is 13.9. The van der Waals surface area contributed by atoms with Crippen LogP contribution in [0.15, 0.2) is 22.8 Å². The SMILES string of the molecule is CN(CC(=O)Nc1ccc(Br)cn1)C(=O)C1(N)CCOCC1. The second-order valence-electron chi connectivity index (χ2n) is 5.34. The number of nitrogens with two attached hydrogens (primary N) is 1. The molecule has 1 aliphatic rings. The lowest BCUT2D eigenvalue weighted by molar-refractivity contribution is -0.141. The topological polar surface area (TPSA) is 97.6 Å². The molecule has 0 bridgehead atoms. The molecule has 1 saturated heterocycles. The highest BCUT2D eigenvalue weighted by molar-refractivity contribution is 9.10. The van der Waals surface area contributed by atoms with Crippen LogP contribution in [0.2, 0.25) is 0 Å². The number of rotatable bonds is 4. The summed E-state index contributed by atoms with van der Waals surface area (Å²) in [5, 5.41) is 2.64. The lowest BCUT2D eigenvalue weighted by Gasteiger charge is -2.35. The Kier molecular flexibility index (Phi) is 5.49. The number of aromatic nitrogens is 1. The van der Waals surface area contributed by atoms with E-state index in [0.717, 1.165) is 4.47 Å². The molecule has 1 aliphatic heterocycles. The van der Waals surface area contributed by atoms with E-state index in [1.54, 1.807) is 25.4 Å². The number of halogens is 1. The van der Waals surface area contributed by atoms with Crippen molar-refractivity contribution >= 4 is 33.6 Å². The molecule has 1 aromatic heterocycles. The number of nitrogens with zero attached hydrogens (tertiary/aromatic N) is 2. The van der Waals surface area contributed by atoms with Crippen molar-refractivity contribution in [1.82, 2.24) is 9.88 Å². The maximum absolute atomic E-state index is 12.4. The lowest BCUT2D eigenvalue weighted by atomic mass is 9.90. The smallest absolute Gasteiger partial charge is 0.245 e. The summed E-state index contributed by atoms with van der Waals surface area (Å²) in [6.45, 7) is 0.854. The minimum atomic E-state index is -0.941. The Bertz CT molecular complexity index is 544. The van der Waals surface area contributed by atoms with E-state index in [9.17, 15) is 9.59 Å². The third-order valence-electron chi connectivity index (χ3n) is 3.53. The number of pyridine rings is 1. The van der Waals surface area contributed by atoms with Crippen molar-refractivity contribution in [2.24, 2.45) is 5.73 Å². The fourth-order valence-corrected chi connectivity index (χ4v) is 2.48. The molecule has 1 aromatic rings. The number of amides is 2. The van der Waals surface area contributed by atoms with Crippen LogP contribution >= 0.6 is 15.9 Å². The summed E-state index contributed by atoms with van der Waals surface area (Å²) in [6.07, 6.45) is 2.51. The van der Waals surface area contributed by atoms with E-state index in [4.69, 9.17) is 10.5 Å². The molecule has 8 heteroatoms. The first-order valence-corrected chi connectivity index (χ1v) is 7.74. The van der Waals surface area contributed by atoms with Gasteiger partial charge >= 0.3 is 0 Å². The van der Waals surface area contributed by atoms with Crippen molar-refractivity contribution in [1.29, 1.82) is 0 Å². The largest absolute Gasteiger partial charge is 0.381 e. The number of nitrogens with one attached hydrogen (secondary N) is 1. The molecular weight excluding hydrogens is 352 g/mol. The maximum atomic E-state index is 12.4. The van der Waals surface area contributed by atoms with Crippen molar-refractivity contribution in [2.45, 2.75) is 18.4 Å². The molecule has 3 N–H and O–H groups in total. The molecule has 0 aromatic carbocycles. The molecule has 0 unspecified atom stereocenters. The summed E-state index contributed by atoms with van der Waals surface area (Å²) in [4.78, 5) is 29.8.